The third kappa shape index (κ3) is 2.24. The van der Waals surface area contributed by atoms with Crippen molar-refractivity contribution in [2.24, 2.45) is 5.73 Å². The first kappa shape index (κ1) is 13.9. The lowest BCUT2D eigenvalue weighted by Crippen LogP contribution is -2.51. The Kier molecular flexibility index (Phi) is 3.76. The van der Waals surface area contributed by atoms with E-state index in [4.69, 9.17) is 10.5 Å². The van der Waals surface area contributed by atoms with Crippen LogP contribution < -0.4 is 5.73 Å². The summed E-state index contributed by atoms with van der Waals surface area (Å²) in [7, 11) is -3.55. The number of fused-ring (bicyclic) bond motifs is 1. The van der Waals surface area contributed by atoms with Gasteiger partial charge in [0.25, 0.3) is 0 Å². The monoisotopic (exact) mass is 297 g/mol. The Labute approximate surface area is 119 Å². The molecule has 20 heavy (non-hydrogen) atoms. The molecule has 2 heterocycles. The van der Waals surface area contributed by atoms with E-state index in [2.05, 4.69) is 4.98 Å². The van der Waals surface area contributed by atoms with E-state index >= 15 is 0 Å². The molecule has 1 aromatic rings. The van der Waals surface area contributed by atoms with Crippen molar-refractivity contribution in [1.29, 1.82) is 0 Å². The highest BCUT2D eigenvalue weighted by molar-refractivity contribution is 7.89. The Morgan fingerprint density at radius 3 is 3.10 bits per heavy atom. The zero-order valence-corrected chi connectivity index (χ0v) is 12.1. The highest BCUT2D eigenvalue weighted by Crippen LogP contribution is 2.33. The van der Waals surface area contributed by atoms with Crippen molar-refractivity contribution in [2.75, 3.05) is 13.2 Å². The van der Waals surface area contributed by atoms with Crippen LogP contribution in [0.15, 0.2) is 23.2 Å². The van der Waals surface area contributed by atoms with Gasteiger partial charge in [0.2, 0.25) is 10.0 Å². The van der Waals surface area contributed by atoms with Crippen molar-refractivity contribution in [3.8, 4) is 0 Å². The fourth-order valence-corrected chi connectivity index (χ4v) is 4.98. The molecule has 0 radical (unpaired) electrons. The van der Waals surface area contributed by atoms with Gasteiger partial charge in [0.1, 0.15) is 4.90 Å². The summed E-state index contributed by atoms with van der Waals surface area (Å²) in [6, 6.07) is 3.18. The molecule has 2 fully saturated rings. The molecule has 1 aliphatic carbocycles. The van der Waals surface area contributed by atoms with Gasteiger partial charge in [-0.1, -0.05) is 0 Å². The first-order valence-electron chi connectivity index (χ1n) is 6.92. The van der Waals surface area contributed by atoms with E-state index in [-0.39, 0.29) is 23.6 Å². The number of nitrogens with two attached hydrogens (primary N) is 1. The van der Waals surface area contributed by atoms with Crippen LogP contribution in [-0.2, 0) is 21.3 Å². The van der Waals surface area contributed by atoms with Crippen molar-refractivity contribution in [1.82, 2.24) is 9.29 Å². The van der Waals surface area contributed by atoms with Crippen LogP contribution in [0.5, 0.6) is 0 Å². The van der Waals surface area contributed by atoms with E-state index in [1.54, 1.807) is 22.6 Å². The van der Waals surface area contributed by atoms with Crippen LogP contribution in [0.1, 0.15) is 25.0 Å². The lowest BCUT2D eigenvalue weighted by molar-refractivity contribution is -0.0242. The summed E-state index contributed by atoms with van der Waals surface area (Å²) in [5.74, 6) is 0. The van der Waals surface area contributed by atoms with Crippen LogP contribution in [-0.4, -0.2) is 43.0 Å². The number of morpholine rings is 1. The molecule has 0 aromatic carbocycles. The quantitative estimate of drug-likeness (QED) is 0.877. The van der Waals surface area contributed by atoms with Gasteiger partial charge < -0.3 is 10.5 Å². The van der Waals surface area contributed by atoms with Crippen molar-refractivity contribution < 1.29 is 13.2 Å². The molecule has 6 nitrogen and oxygen atoms in total. The number of nitrogens with zero attached hydrogens (tertiary/aromatic N) is 2. The molecule has 2 unspecified atom stereocenters. The maximum Gasteiger partial charge on any atom is 0.245 e. The van der Waals surface area contributed by atoms with Crippen LogP contribution in [0.4, 0.5) is 0 Å². The maximum atomic E-state index is 12.9. The average molecular weight is 297 g/mol. The lowest BCUT2D eigenvalue weighted by Gasteiger charge is -2.36. The van der Waals surface area contributed by atoms with Gasteiger partial charge in [0, 0.05) is 19.3 Å². The van der Waals surface area contributed by atoms with E-state index in [0.29, 0.717) is 18.8 Å². The molecular weight excluding hydrogens is 278 g/mol. The molecule has 7 heteroatoms. The van der Waals surface area contributed by atoms with Crippen molar-refractivity contribution in [2.45, 2.75) is 42.8 Å². The van der Waals surface area contributed by atoms with Gasteiger partial charge in [-0.2, -0.15) is 4.31 Å². The van der Waals surface area contributed by atoms with Crippen molar-refractivity contribution in [3.05, 3.63) is 24.0 Å². The number of hydrogen-bond acceptors (Lipinski definition) is 5. The summed E-state index contributed by atoms with van der Waals surface area (Å²) in [6.45, 7) is 0.981. The van der Waals surface area contributed by atoms with E-state index in [9.17, 15) is 8.42 Å². The summed E-state index contributed by atoms with van der Waals surface area (Å²) in [4.78, 5) is 4.31. The Morgan fingerprint density at radius 2 is 2.30 bits per heavy atom. The third-order valence-corrected chi connectivity index (χ3v) is 6.06. The lowest BCUT2D eigenvalue weighted by atomic mass is 10.2. The number of sulfonamides is 1. The van der Waals surface area contributed by atoms with Crippen molar-refractivity contribution in [3.63, 3.8) is 0 Å². The minimum absolute atomic E-state index is 0.0384. The minimum atomic E-state index is -3.55. The second-order valence-electron chi connectivity index (χ2n) is 5.18. The largest absolute Gasteiger partial charge is 0.375 e. The van der Waals surface area contributed by atoms with Crippen LogP contribution >= 0.6 is 0 Å². The summed E-state index contributed by atoms with van der Waals surface area (Å²) in [5, 5.41) is 0. The van der Waals surface area contributed by atoms with Gasteiger partial charge >= 0.3 is 0 Å². The smallest absolute Gasteiger partial charge is 0.245 e. The maximum absolute atomic E-state index is 12.9. The SMILES string of the molecule is NCc1ncccc1S(=O)(=O)N1CCOC2CCCC21. The molecular formula is C13H19N3O3S. The average Bonchev–Trinajstić information content (AvgIpc) is 2.95. The molecule has 1 saturated heterocycles. The predicted octanol–water partition coefficient (Wildman–Crippen LogP) is 0.482. The summed E-state index contributed by atoms with van der Waals surface area (Å²) in [5.41, 5.74) is 6.04. The Hall–Kier alpha value is -1.02. The summed E-state index contributed by atoms with van der Waals surface area (Å²) >= 11 is 0. The number of pyridine rings is 1. The molecule has 0 spiro atoms. The second kappa shape index (κ2) is 5.40. The number of ether oxygens (including phenoxy) is 1. The van der Waals surface area contributed by atoms with Gasteiger partial charge in [0.05, 0.1) is 24.4 Å². The van der Waals surface area contributed by atoms with Gasteiger partial charge in [-0.05, 0) is 31.4 Å². The topological polar surface area (TPSA) is 85.5 Å². The molecule has 1 aromatic heterocycles. The van der Waals surface area contributed by atoms with Gasteiger partial charge in [-0.25, -0.2) is 8.42 Å². The van der Waals surface area contributed by atoms with E-state index in [0.717, 1.165) is 19.3 Å². The predicted molar refractivity (Wildman–Crippen MR) is 73.4 cm³/mol. The van der Waals surface area contributed by atoms with Crippen LogP contribution in [0.25, 0.3) is 0 Å². The Morgan fingerprint density at radius 1 is 1.45 bits per heavy atom. The van der Waals surface area contributed by atoms with Gasteiger partial charge in [-0.15, -0.1) is 0 Å². The van der Waals surface area contributed by atoms with E-state index in [1.807, 2.05) is 0 Å². The van der Waals surface area contributed by atoms with Crippen LogP contribution in [0, 0.1) is 0 Å². The normalized spacial score (nSPS) is 27.4. The van der Waals surface area contributed by atoms with Crippen LogP contribution in [0.3, 0.4) is 0 Å². The molecule has 2 aliphatic rings. The molecule has 110 valence electrons. The number of rotatable bonds is 3. The third-order valence-electron chi connectivity index (χ3n) is 4.06. The Bertz CT molecular complexity index is 590. The molecule has 3 rings (SSSR count). The molecule has 0 amide bonds. The first-order chi connectivity index (χ1) is 9.64. The standard InChI is InChI=1S/C13H19N3O3S/c14-9-10-13(5-2-6-15-10)20(17,18)16-7-8-19-12-4-1-3-11(12)16/h2,5-6,11-12H,1,3-4,7-9,14H2. The molecule has 2 N–H and O–H groups in total. The number of hydrogen-bond donors (Lipinski definition) is 1. The highest BCUT2D eigenvalue weighted by Gasteiger charge is 2.42. The highest BCUT2D eigenvalue weighted by atomic mass is 32.2. The summed E-state index contributed by atoms with van der Waals surface area (Å²) in [6.07, 6.45) is 4.42. The van der Waals surface area contributed by atoms with Gasteiger partial charge in [0.15, 0.2) is 0 Å². The zero-order valence-electron chi connectivity index (χ0n) is 11.2. The second-order valence-corrected chi connectivity index (χ2v) is 7.03. The molecule has 0 bridgehead atoms. The van der Waals surface area contributed by atoms with E-state index in [1.165, 1.54) is 0 Å². The fourth-order valence-electron chi connectivity index (χ4n) is 3.13. The molecule has 1 saturated carbocycles. The van der Waals surface area contributed by atoms with Gasteiger partial charge in [-0.3, -0.25) is 4.98 Å². The van der Waals surface area contributed by atoms with Crippen molar-refractivity contribution >= 4 is 10.0 Å². The minimum Gasteiger partial charge on any atom is -0.375 e. The molecule has 1 aliphatic heterocycles. The van der Waals surface area contributed by atoms with Crippen LogP contribution in [0.2, 0.25) is 0 Å². The summed E-state index contributed by atoms with van der Waals surface area (Å²) < 4.78 is 33.0. The Balaban J connectivity index is 1.98. The van der Waals surface area contributed by atoms with E-state index < -0.39 is 10.0 Å². The first-order valence-corrected chi connectivity index (χ1v) is 8.36. The zero-order chi connectivity index (χ0) is 14.2. The molecule has 2 atom stereocenters. The fraction of sp³-hybridized carbons (Fsp3) is 0.615. The number of aromatic nitrogens is 1.